The minimum Gasteiger partial charge on any atom is -0.741 e. The number of thiophene rings is 2. The Morgan fingerprint density at radius 2 is 0.615 bits per heavy atom. The van der Waals surface area contributed by atoms with Crippen molar-refractivity contribution in [3.05, 3.63) is 144 Å². The average Bonchev–Trinajstić information content (AvgIpc) is 3.87. The predicted molar refractivity (Wildman–Crippen MR) is 251 cm³/mol. The van der Waals surface area contributed by atoms with Crippen molar-refractivity contribution in [2.75, 3.05) is 0 Å². The topological polar surface area (TPSA) is 114 Å². The fourth-order valence-corrected chi connectivity index (χ4v) is 14.9. The molecule has 0 atom stereocenters. The molecule has 6 nitrogen and oxygen atoms in total. The first-order valence-electron chi connectivity index (χ1n) is 19.9. The Kier molecular flexibility index (Phi) is 19.0. The summed E-state index contributed by atoms with van der Waals surface area (Å²) in [4.78, 5) is 5.54. The first-order valence-corrected chi connectivity index (χ1v) is 27.6. The number of benzene rings is 4. The standard InChI is InChI=1S/C44H48S5.2CHF3O3S/c1-29(2)33-9-17-37(18-10-33)48(38-19-11-34(12-20-38)30(3)4)43-27-25-41(46-43)45-42-26-28-44(47-42)49(39-21-13-35(14-22-39)31(5)6)40-23-15-36(16-24-40)32(7)8;2*2-1(3,4)8(5,6)7/h9-32H,1-8H3;2*(H,5,6,7)/q+2;;/p-2. The van der Waals surface area contributed by atoms with Crippen molar-refractivity contribution in [3.8, 4) is 0 Å². The van der Waals surface area contributed by atoms with Gasteiger partial charge in [-0.2, -0.15) is 26.3 Å². The van der Waals surface area contributed by atoms with Crippen LogP contribution in [-0.2, 0) is 42.0 Å². The zero-order valence-corrected chi connectivity index (χ0v) is 42.1. The van der Waals surface area contributed by atoms with E-state index in [-0.39, 0.29) is 21.8 Å². The largest absolute Gasteiger partial charge is 0.741 e. The maximum atomic E-state index is 10.7. The van der Waals surface area contributed by atoms with Gasteiger partial charge in [-0.05, 0) is 107 Å². The molecule has 19 heteroatoms. The van der Waals surface area contributed by atoms with Crippen LogP contribution in [0.4, 0.5) is 26.3 Å². The van der Waals surface area contributed by atoms with Crippen LogP contribution in [-0.4, -0.2) is 37.0 Å². The van der Waals surface area contributed by atoms with Crippen LogP contribution >= 0.6 is 34.4 Å². The summed E-state index contributed by atoms with van der Waals surface area (Å²) in [6.07, 6.45) is 0. The summed E-state index contributed by atoms with van der Waals surface area (Å²) < 4.78 is 123. The van der Waals surface area contributed by atoms with Crippen molar-refractivity contribution in [1.29, 1.82) is 0 Å². The van der Waals surface area contributed by atoms with Crippen LogP contribution in [0, 0.1) is 0 Å². The summed E-state index contributed by atoms with van der Waals surface area (Å²) in [5.74, 6) is 2.11. The summed E-state index contributed by atoms with van der Waals surface area (Å²) in [6.45, 7) is 18.2. The molecule has 4 aromatic carbocycles. The van der Waals surface area contributed by atoms with Gasteiger partial charge >= 0.3 is 11.0 Å². The Morgan fingerprint density at radius 1 is 0.415 bits per heavy atom. The number of hydrogen-bond donors (Lipinski definition) is 0. The van der Waals surface area contributed by atoms with E-state index in [1.165, 1.54) is 58.7 Å². The zero-order chi connectivity index (χ0) is 48.7. The van der Waals surface area contributed by atoms with E-state index in [4.69, 9.17) is 25.9 Å². The average molecular weight is 1040 g/mol. The van der Waals surface area contributed by atoms with E-state index in [1.807, 2.05) is 34.4 Å². The second kappa shape index (κ2) is 22.7. The molecule has 0 N–H and O–H groups in total. The SMILES string of the molecule is CC(C)c1ccc([S+](c2ccc(C(C)C)cc2)c2ccc(Sc3ccc([S+](c4ccc(C(C)C)cc4)c4ccc(C(C)C)cc4)s3)s2)cc1.O=S(=O)([O-])C(F)(F)F.O=S(=O)([O-])C(F)(F)F. The van der Waals surface area contributed by atoms with Crippen molar-refractivity contribution in [2.45, 2.75) is 126 Å². The zero-order valence-electron chi connectivity index (χ0n) is 36.4. The lowest BCUT2D eigenvalue weighted by Crippen LogP contribution is -2.21. The van der Waals surface area contributed by atoms with Gasteiger partial charge in [0.05, 0.1) is 8.42 Å². The van der Waals surface area contributed by atoms with Crippen LogP contribution < -0.4 is 0 Å². The first kappa shape index (κ1) is 54.3. The molecule has 0 aliphatic carbocycles. The molecule has 0 saturated carbocycles. The van der Waals surface area contributed by atoms with Crippen molar-refractivity contribution in [3.63, 3.8) is 0 Å². The molecule has 0 fully saturated rings. The highest BCUT2D eigenvalue weighted by Gasteiger charge is 2.38. The third-order valence-electron chi connectivity index (χ3n) is 9.41. The first-order chi connectivity index (χ1) is 30.1. The van der Waals surface area contributed by atoms with Gasteiger partial charge in [-0.3, -0.25) is 0 Å². The van der Waals surface area contributed by atoms with E-state index >= 15 is 0 Å². The van der Waals surface area contributed by atoms with Crippen molar-refractivity contribution in [1.82, 2.24) is 0 Å². The minimum absolute atomic E-state index is 0.148. The van der Waals surface area contributed by atoms with E-state index < -0.39 is 31.3 Å². The van der Waals surface area contributed by atoms with Crippen LogP contribution in [0.1, 0.15) is 101 Å². The molecule has 0 bridgehead atoms. The molecule has 352 valence electrons. The molecule has 0 radical (unpaired) electrons. The molecule has 6 aromatic rings. The molecule has 0 unspecified atom stereocenters. The molecule has 6 rings (SSSR count). The summed E-state index contributed by atoms with van der Waals surface area (Å²) in [5, 5.41) is 0. The Labute approximate surface area is 396 Å². The van der Waals surface area contributed by atoms with Gasteiger partial charge in [-0.1, -0.05) is 138 Å². The quantitative estimate of drug-likeness (QED) is 0.0519. The van der Waals surface area contributed by atoms with E-state index in [0.29, 0.717) is 23.7 Å². The van der Waals surface area contributed by atoms with E-state index in [1.54, 1.807) is 0 Å². The van der Waals surface area contributed by atoms with Gasteiger partial charge in [0, 0.05) is 12.1 Å². The fraction of sp³-hybridized carbons (Fsp3) is 0.304. The maximum Gasteiger partial charge on any atom is 0.485 e. The highest BCUT2D eigenvalue weighted by molar-refractivity contribution is 8.04. The van der Waals surface area contributed by atoms with Crippen LogP contribution in [0.3, 0.4) is 0 Å². The molecule has 2 aromatic heterocycles. The molecule has 2 heterocycles. The molecule has 0 saturated heterocycles. The lowest BCUT2D eigenvalue weighted by Gasteiger charge is -2.10. The van der Waals surface area contributed by atoms with E-state index in [2.05, 4.69) is 177 Å². The van der Waals surface area contributed by atoms with Gasteiger partial charge in [0.1, 0.15) is 21.8 Å². The predicted octanol–water partition coefficient (Wildman–Crippen LogP) is 14.7. The minimum atomic E-state index is -6.09. The van der Waals surface area contributed by atoms with Gasteiger partial charge in [0.15, 0.2) is 39.8 Å². The number of hydrogen-bond acceptors (Lipinski definition) is 9. The molecule has 0 aliphatic rings. The van der Waals surface area contributed by atoms with Crippen LogP contribution in [0.5, 0.6) is 0 Å². The van der Waals surface area contributed by atoms with Gasteiger partial charge in [0.2, 0.25) is 8.42 Å². The van der Waals surface area contributed by atoms with Crippen LogP contribution in [0.2, 0.25) is 0 Å². The Bertz CT molecular complexity index is 2370. The smallest absolute Gasteiger partial charge is 0.485 e. The molecule has 65 heavy (non-hydrogen) atoms. The molecular weight excluding hydrogens is 987 g/mol. The maximum absolute atomic E-state index is 10.7. The van der Waals surface area contributed by atoms with Gasteiger partial charge in [-0.25, -0.2) is 16.8 Å². The summed E-state index contributed by atoms with van der Waals surface area (Å²) in [5.41, 5.74) is -5.72. The number of halogens is 6. The highest BCUT2D eigenvalue weighted by Crippen LogP contribution is 2.45. The third kappa shape index (κ3) is 15.4. The van der Waals surface area contributed by atoms with E-state index in [0.717, 1.165) is 0 Å². The molecular formula is C46H48F6O6S7. The van der Waals surface area contributed by atoms with Gasteiger partial charge in [-0.15, -0.1) is 0 Å². The Hall–Kier alpha value is -3.27. The van der Waals surface area contributed by atoms with Crippen LogP contribution in [0.15, 0.2) is 158 Å². The molecule has 0 aliphatic heterocycles. The van der Waals surface area contributed by atoms with Crippen molar-refractivity contribution in [2.24, 2.45) is 0 Å². The number of alkyl halides is 6. The highest BCUT2D eigenvalue weighted by atomic mass is 32.2. The van der Waals surface area contributed by atoms with Crippen LogP contribution in [0.25, 0.3) is 0 Å². The normalized spacial score (nSPS) is 12.5. The molecule has 0 spiro atoms. The summed E-state index contributed by atoms with van der Waals surface area (Å²) in [6, 6.07) is 46.8. The monoisotopic (exact) mass is 1030 g/mol. The number of rotatable bonds is 12. The van der Waals surface area contributed by atoms with Gasteiger partial charge in [0.25, 0.3) is 0 Å². The second-order valence-electron chi connectivity index (χ2n) is 15.6. The van der Waals surface area contributed by atoms with Gasteiger partial charge < -0.3 is 9.11 Å². The van der Waals surface area contributed by atoms with Crippen molar-refractivity contribution >= 4 is 76.5 Å². The Balaban J connectivity index is 0.000000492. The molecule has 0 amide bonds. The lowest BCUT2D eigenvalue weighted by molar-refractivity contribution is -0.0522. The summed E-state index contributed by atoms with van der Waals surface area (Å²) >= 11 is 5.82. The Morgan fingerprint density at radius 3 is 0.785 bits per heavy atom. The second-order valence-corrected chi connectivity index (χ2v) is 26.6. The summed E-state index contributed by atoms with van der Waals surface area (Å²) in [7, 11) is -12.5. The van der Waals surface area contributed by atoms with Crippen molar-refractivity contribution < 1.29 is 52.3 Å². The van der Waals surface area contributed by atoms with E-state index in [9.17, 15) is 26.3 Å². The third-order valence-corrected chi connectivity index (χ3v) is 19.1. The fourth-order valence-electron chi connectivity index (χ4n) is 5.73. The lowest BCUT2D eigenvalue weighted by atomic mass is 10.0.